The molecule has 2 aromatic carbocycles. The molecule has 0 aliphatic rings. The van der Waals surface area contributed by atoms with Crippen LogP contribution >= 0.6 is 0 Å². The largest absolute Gasteiger partial charge is 0.392 e. The number of hydrogen-bond acceptors (Lipinski definition) is 1. The van der Waals surface area contributed by atoms with Crippen LogP contribution in [0.2, 0.25) is 0 Å². The van der Waals surface area contributed by atoms with Gasteiger partial charge < -0.3 is 5.11 Å². The van der Waals surface area contributed by atoms with Crippen molar-refractivity contribution in [3.05, 3.63) is 71.3 Å². The third kappa shape index (κ3) is 3.55. The van der Waals surface area contributed by atoms with Crippen molar-refractivity contribution in [3.8, 4) is 11.1 Å². The summed E-state index contributed by atoms with van der Waals surface area (Å²) >= 11 is 0. The SMILES string of the molecule is C/C=C(/C)Cc1ccc(-c2ccc(CO)cc2)cc1. The molecule has 1 heteroatoms. The Morgan fingerprint density at radius 3 is 1.79 bits per heavy atom. The third-order valence-electron chi connectivity index (χ3n) is 3.40. The van der Waals surface area contributed by atoms with Gasteiger partial charge in [0, 0.05) is 0 Å². The van der Waals surface area contributed by atoms with Crippen molar-refractivity contribution in [1.29, 1.82) is 0 Å². The van der Waals surface area contributed by atoms with E-state index in [1.807, 2.05) is 12.1 Å². The molecule has 2 aromatic rings. The smallest absolute Gasteiger partial charge is 0.0681 e. The van der Waals surface area contributed by atoms with E-state index in [0.29, 0.717) is 0 Å². The number of aliphatic hydroxyl groups is 1. The summed E-state index contributed by atoms with van der Waals surface area (Å²) in [6.07, 6.45) is 3.17. The van der Waals surface area contributed by atoms with Crippen molar-refractivity contribution in [2.24, 2.45) is 0 Å². The molecular formula is C18H20O. The molecule has 0 aliphatic carbocycles. The number of allylic oxidation sites excluding steroid dienone is 2. The lowest BCUT2D eigenvalue weighted by molar-refractivity contribution is 0.282. The van der Waals surface area contributed by atoms with Crippen LogP contribution in [0.5, 0.6) is 0 Å². The van der Waals surface area contributed by atoms with Crippen LogP contribution in [0.4, 0.5) is 0 Å². The zero-order chi connectivity index (χ0) is 13.7. The molecule has 1 nitrogen and oxygen atoms in total. The van der Waals surface area contributed by atoms with Crippen molar-refractivity contribution < 1.29 is 5.11 Å². The minimum atomic E-state index is 0.0991. The van der Waals surface area contributed by atoms with Gasteiger partial charge in [0.2, 0.25) is 0 Å². The fourth-order valence-electron chi connectivity index (χ4n) is 2.04. The van der Waals surface area contributed by atoms with Gasteiger partial charge in [-0.3, -0.25) is 0 Å². The highest BCUT2D eigenvalue weighted by atomic mass is 16.3. The van der Waals surface area contributed by atoms with E-state index in [-0.39, 0.29) is 6.61 Å². The van der Waals surface area contributed by atoms with E-state index in [1.54, 1.807) is 0 Å². The van der Waals surface area contributed by atoms with E-state index >= 15 is 0 Å². The Kier molecular flexibility index (Phi) is 4.53. The highest BCUT2D eigenvalue weighted by Gasteiger charge is 1.99. The molecule has 0 heterocycles. The van der Waals surface area contributed by atoms with Gasteiger partial charge in [0.15, 0.2) is 0 Å². The maximum absolute atomic E-state index is 9.04. The first-order chi connectivity index (χ1) is 9.22. The summed E-state index contributed by atoms with van der Waals surface area (Å²) in [6, 6.07) is 16.7. The van der Waals surface area contributed by atoms with Gasteiger partial charge in [0.1, 0.15) is 0 Å². The molecule has 0 radical (unpaired) electrons. The van der Waals surface area contributed by atoms with Gasteiger partial charge in [0.25, 0.3) is 0 Å². The highest BCUT2D eigenvalue weighted by molar-refractivity contribution is 5.64. The second-order valence-electron chi connectivity index (χ2n) is 4.86. The van der Waals surface area contributed by atoms with Crippen LogP contribution in [0.25, 0.3) is 11.1 Å². The Balaban J connectivity index is 2.17. The van der Waals surface area contributed by atoms with Gasteiger partial charge in [0.05, 0.1) is 6.61 Å². The standard InChI is InChI=1S/C18H20O/c1-3-14(2)12-15-4-8-17(9-5-15)18-10-6-16(13-19)7-11-18/h3-11,19H,12-13H2,1-2H3/b14-3-. The van der Waals surface area contributed by atoms with Gasteiger partial charge in [-0.15, -0.1) is 0 Å². The van der Waals surface area contributed by atoms with Crippen LogP contribution in [0, 0.1) is 0 Å². The lowest BCUT2D eigenvalue weighted by Gasteiger charge is -2.06. The quantitative estimate of drug-likeness (QED) is 0.802. The predicted octanol–water partition coefficient (Wildman–Crippen LogP) is 4.35. The van der Waals surface area contributed by atoms with Gasteiger partial charge >= 0.3 is 0 Å². The first-order valence-electron chi connectivity index (χ1n) is 6.64. The molecular weight excluding hydrogens is 232 g/mol. The minimum absolute atomic E-state index is 0.0991. The van der Waals surface area contributed by atoms with Crippen molar-refractivity contribution in [3.63, 3.8) is 0 Å². The van der Waals surface area contributed by atoms with E-state index in [0.717, 1.165) is 12.0 Å². The fraction of sp³-hybridized carbons (Fsp3) is 0.222. The Morgan fingerprint density at radius 2 is 1.37 bits per heavy atom. The topological polar surface area (TPSA) is 20.2 Å². The first kappa shape index (κ1) is 13.6. The predicted molar refractivity (Wildman–Crippen MR) is 80.9 cm³/mol. The van der Waals surface area contributed by atoms with E-state index in [4.69, 9.17) is 5.11 Å². The van der Waals surface area contributed by atoms with Crippen LogP contribution < -0.4 is 0 Å². The molecule has 0 saturated carbocycles. The molecule has 2 rings (SSSR count). The number of rotatable bonds is 4. The molecule has 98 valence electrons. The Morgan fingerprint density at radius 1 is 0.895 bits per heavy atom. The lowest BCUT2D eigenvalue weighted by Crippen LogP contribution is -1.87. The van der Waals surface area contributed by atoms with Crippen LogP contribution in [-0.2, 0) is 13.0 Å². The fourth-order valence-corrected chi connectivity index (χ4v) is 2.04. The lowest BCUT2D eigenvalue weighted by atomic mass is 10.00. The summed E-state index contributed by atoms with van der Waals surface area (Å²) in [5, 5.41) is 9.04. The number of hydrogen-bond donors (Lipinski definition) is 1. The maximum Gasteiger partial charge on any atom is 0.0681 e. The second kappa shape index (κ2) is 6.35. The number of aliphatic hydroxyl groups excluding tert-OH is 1. The van der Waals surface area contributed by atoms with Crippen LogP contribution in [0.3, 0.4) is 0 Å². The zero-order valence-electron chi connectivity index (χ0n) is 11.6. The van der Waals surface area contributed by atoms with E-state index in [2.05, 4.69) is 56.3 Å². The van der Waals surface area contributed by atoms with Crippen molar-refractivity contribution in [2.75, 3.05) is 0 Å². The third-order valence-corrected chi connectivity index (χ3v) is 3.40. The van der Waals surface area contributed by atoms with Crippen LogP contribution in [0.15, 0.2) is 60.2 Å². The molecule has 0 fully saturated rings. The van der Waals surface area contributed by atoms with E-state index < -0.39 is 0 Å². The molecule has 0 unspecified atom stereocenters. The molecule has 0 saturated heterocycles. The molecule has 0 aliphatic heterocycles. The summed E-state index contributed by atoms with van der Waals surface area (Å²) in [5.41, 5.74) is 6.08. The molecule has 0 aromatic heterocycles. The van der Waals surface area contributed by atoms with Gasteiger partial charge in [-0.2, -0.15) is 0 Å². The Labute approximate surface area is 115 Å². The zero-order valence-corrected chi connectivity index (χ0v) is 11.6. The van der Waals surface area contributed by atoms with Crippen molar-refractivity contribution >= 4 is 0 Å². The van der Waals surface area contributed by atoms with Crippen molar-refractivity contribution in [1.82, 2.24) is 0 Å². The van der Waals surface area contributed by atoms with Gasteiger partial charge in [-0.05, 0) is 42.5 Å². The van der Waals surface area contributed by atoms with Crippen LogP contribution in [0.1, 0.15) is 25.0 Å². The molecule has 19 heavy (non-hydrogen) atoms. The first-order valence-corrected chi connectivity index (χ1v) is 6.64. The van der Waals surface area contributed by atoms with E-state index in [1.165, 1.54) is 22.3 Å². The molecule has 1 N–H and O–H groups in total. The average Bonchev–Trinajstić information content (AvgIpc) is 2.48. The monoisotopic (exact) mass is 252 g/mol. The summed E-state index contributed by atoms with van der Waals surface area (Å²) in [6.45, 7) is 4.33. The molecule has 0 atom stereocenters. The molecule has 0 spiro atoms. The normalized spacial score (nSPS) is 11.6. The Bertz CT molecular complexity index is 547. The van der Waals surface area contributed by atoms with Crippen LogP contribution in [-0.4, -0.2) is 5.11 Å². The van der Waals surface area contributed by atoms with Crippen molar-refractivity contribution in [2.45, 2.75) is 26.9 Å². The molecule has 0 bridgehead atoms. The Hall–Kier alpha value is -1.86. The average molecular weight is 252 g/mol. The van der Waals surface area contributed by atoms with Gasteiger partial charge in [-0.25, -0.2) is 0 Å². The molecule has 0 amide bonds. The summed E-state index contributed by atoms with van der Waals surface area (Å²) in [7, 11) is 0. The summed E-state index contributed by atoms with van der Waals surface area (Å²) < 4.78 is 0. The summed E-state index contributed by atoms with van der Waals surface area (Å²) in [5.74, 6) is 0. The number of benzene rings is 2. The minimum Gasteiger partial charge on any atom is -0.392 e. The highest BCUT2D eigenvalue weighted by Crippen LogP contribution is 2.21. The summed E-state index contributed by atoms with van der Waals surface area (Å²) in [4.78, 5) is 0. The van der Waals surface area contributed by atoms with E-state index in [9.17, 15) is 0 Å². The second-order valence-corrected chi connectivity index (χ2v) is 4.86. The maximum atomic E-state index is 9.04. The van der Waals surface area contributed by atoms with Gasteiger partial charge in [-0.1, -0.05) is 60.2 Å².